The fourth-order valence-corrected chi connectivity index (χ4v) is 6.85. The topological polar surface area (TPSA) is 124 Å². The number of ether oxygens (including phenoxy) is 5. The maximum atomic E-state index is 12.7. The van der Waals surface area contributed by atoms with E-state index in [1.54, 1.807) is 6.92 Å². The van der Waals surface area contributed by atoms with Gasteiger partial charge in [0.15, 0.2) is 17.3 Å². The lowest BCUT2D eigenvalue weighted by atomic mass is 9.54. The molecule has 5 rings (SSSR count). The van der Waals surface area contributed by atoms with E-state index >= 15 is 0 Å². The molecule has 1 spiro atoms. The molecule has 1 saturated carbocycles. The van der Waals surface area contributed by atoms with Crippen LogP contribution in [-0.4, -0.2) is 70.3 Å². The third kappa shape index (κ3) is 2.98. The summed E-state index contributed by atoms with van der Waals surface area (Å²) in [6.07, 6.45) is -0.617. The summed E-state index contributed by atoms with van der Waals surface area (Å²) in [4.78, 5) is 36.7. The second-order valence-corrected chi connectivity index (χ2v) is 10.9. The molecular weight excluding hydrogens is 432 g/mol. The first-order chi connectivity index (χ1) is 15.3. The van der Waals surface area contributed by atoms with Gasteiger partial charge in [0, 0.05) is 38.0 Å². The Labute approximate surface area is 192 Å². The van der Waals surface area contributed by atoms with Crippen molar-refractivity contribution in [1.82, 2.24) is 0 Å². The van der Waals surface area contributed by atoms with E-state index in [0.717, 1.165) is 5.57 Å². The number of rotatable bonds is 2. The van der Waals surface area contributed by atoms with Gasteiger partial charge in [-0.25, -0.2) is 4.79 Å². The lowest BCUT2D eigenvalue weighted by Crippen LogP contribution is -2.62. The number of epoxide rings is 2. The summed E-state index contributed by atoms with van der Waals surface area (Å²) in [5.41, 5.74) is -2.83. The van der Waals surface area contributed by atoms with Crippen LogP contribution in [0.1, 0.15) is 60.8 Å². The summed E-state index contributed by atoms with van der Waals surface area (Å²) in [5.74, 6) is -1.76. The van der Waals surface area contributed by atoms with E-state index in [2.05, 4.69) is 0 Å². The SMILES string of the molecule is CC(=O)O[C@H]1C[C@@H]2O[C@]2(C)[C@@H]2C[C@]34O[C@@]3(C)C(=O)O[C@H]4/C=C(/C)C[C@@H](OC(C)=O)[C@H](O)[C@@]12C. The highest BCUT2D eigenvalue weighted by Crippen LogP contribution is 2.68. The van der Waals surface area contributed by atoms with Crippen LogP contribution in [0.25, 0.3) is 0 Å². The number of aliphatic hydroxyl groups is 1. The monoisotopic (exact) mass is 464 g/mol. The molecule has 0 aromatic carbocycles. The minimum Gasteiger partial charge on any atom is -0.462 e. The van der Waals surface area contributed by atoms with Crippen molar-refractivity contribution >= 4 is 17.9 Å². The molecule has 182 valence electrons. The van der Waals surface area contributed by atoms with Crippen LogP contribution in [-0.2, 0) is 38.1 Å². The molecule has 3 heterocycles. The van der Waals surface area contributed by atoms with E-state index < -0.39 is 64.5 Å². The van der Waals surface area contributed by atoms with Crippen LogP contribution in [0.3, 0.4) is 0 Å². The molecule has 5 aliphatic rings. The maximum Gasteiger partial charge on any atom is 0.342 e. The molecule has 10 atom stereocenters. The van der Waals surface area contributed by atoms with E-state index in [4.69, 9.17) is 23.7 Å². The Bertz CT molecular complexity index is 960. The molecule has 0 aromatic rings. The van der Waals surface area contributed by atoms with Crippen molar-refractivity contribution in [1.29, 1.82) is 0 Å². The van der Waals surface area contributed by atoms with E-state index in [1.807, 2.05) is 26.8 Å². The average molecular weight is 465 g/mol. The van der Waals surface area contributed by atoms with E-state index in [1.165, 1.54) is 13.8 Å². The number of aliphatic hydroxyl groups excluding tert-OH is 1. The van der Waals surface area contributed by atoms with Crippen LogP contribution < -0.4 is 0 Å². The largest absolute Gasteiger partial charge is 0.462 e. The first kappa shape index (κ1) is 22.8. The summed E-state index contributed by atoms with van der Waals surface area (Å²) >= 11 is 0. The summed E-state index contributed by atoms with van der Waals surface area (Å²) in [6, 6.07) is 0. The number of carbonyl (C=O) groups is 3. The Morgan fingerprint density at radius 3 is 2.42 bits per heavy atom. The second-order valence-electron chi connectivity index (χ2n) is 10.9. The van der Waals surface area contributed by atoms with Crippen LogP contribution in [0.15, 0.2) is 11.6 Å². The Balaban J connectivity index is 1.66. The first-order valence-corrected chi connectivity index (χ1v) is 11.6. The predicted molar refractivity (Wildman–Crippen MR) is 112 cm³/mol. The van der Waals surface area contributed by atoms with Gasteiger partial charge in [-0.15, -0.1) is 0 Å². The molecule has 0 bridgehead atoms. The zero-order valence-corrected chi connectivity index (χ0v) is 19.9. The minimum atomic E-state index is -1.16. The van der Waals surface area contributed by atoms with Gasteiger partial charge in [-0.05, 0) is 33.3 Å². The van der Waals surface area contributed by atoms with Gasteiger partial charge in [0.05, 0.1) is 11.7 Å². The Morgan fingerprint density at radius 1 is 1.15 bits per heavy atom. The van der Waals surface area contributed by atoms with E-state index in [0.29, 0.717) is 12.8 Å². The zero-order chi connectivity index (χ0) is 24.1. The van der Waals surface area contributed by atoms with Crippen LogP contribution >= 0.6 is 0 Å². The highest BCUT2D eigenvalue weighted by molar-refractivity contribution is 5.88. The Hall–Kier alpha value is -1.97. The molecule has 0 aromatic heterocycles. The van der Waals surface area contributed by atoms with Crippen molar-refractivity contribution < 1.29 is 43.2 Å². The molecule has 1 N–H and O–H groups in total. The third-order valence-corrected chi connectivity index (χ3v) is 8.86. The molecule has 0 unspecified atom stereocenters. The molecule has 33 heavy (non-hydrogen) atoms. The van der Waals surface area contributed by atoms with Crippen LogP contribution in [0.2, 0.25) is 0 Å². The Kier molecular flexibility index (Phi) is 4.70. The Morgan fingerprint density at radius 2 is 1.82 bits per heavy atom. The van der Waals surface area contributed by atoms with Crippen LogP contribution in [0.5, 0.6) is 0 Å². The predicted octanol–water partition coefficient (Wildman–Crippen LogP) is 1.59. The van der Waals surface area contributed by atoms with Gasteiger partial charge in [0.2, 0.25) is 0 Å². The molecule has 3 saturated heterocycles. The van der Waals surface area contributed by atoms with Crippen molar-refractivity contribution in [2.75, 3.05) is 0 Å². The summed E-state index contributed by atoms with van der Waals surface area (Å²) in [6.45, 7) is 10.1. The van der Waals surface area contributed by atoms with Crippen molar-refractivity contribution in [2.45, 2.75) is 108 Å². The maximum absolute atomic E-state index is 12.7. The second kappa shape index (κ2) is 6.79. The quantitative estimate of drug-likeness (QED) is 0.281. The molecule has 0 amide bonds. The normalized spacial score (nSPS) is 53.7. The molecule has 3 aliphatic heterocycles. The number of hydrogen-bond acceptors (Lipinski definition) is 9. The number of hydrogen-bond donors (Lipinski definition) is 1. The van der Waals surface area contributed by atoms with Gasteiger partial charge in [0.25, 0.3) is 0 Å². The van der Waals surface area contributed by atoms with Gasteiger partial charge in [-0.3, -0.25) is 9.59 Å². The molecular formula is C24H32O9. The minimum absolute atomic E-state index is 0.155. The highest BCUT2D eigenvalue weighted by atomic mass is 16.7. The lowest BCUT2D eigenvalue weighted by Gasteiger charge is -2.52. The van der Waals surface area contributed by atoms with E-state index in [-0.39, 0.29) is 18.4 Å². The molecule has 2 aliphatic carbocycles. The fourth-order valence-electron chi connectivity index (χ4n) is 6.85. The smallest absolute Gasteiger partial charge is 0.342 e. The average Bonchev–Trinajstić information content (AvgIpc) is 3.53. The van der Waals surface area contributed by atoms with E-state index in [9.17, 15) is 19.5 Å². The summed E-state index contributed by atoms with van der Waals surface area (Å²) in [7, 11) is 0. The fraction of sp³-hybridized carbons (Fsp3) is 0.792. The van der Waals surface area contributed by atoms with Crippen molar-refractivity contribution in [2.24, 2.45) is 11.3 Å². The van der Waals surface area contributed by atoms with Gasteiger partial charge >= 0.3 is 17.9 Å². The number of esters is 3. The van der Waals surface area contributed by atoms with Crippen LogP contribution in [0, 0.1) is 11.3 Å². The van der Waals surface area contributed by atoms with Gasteiger partial charge in [-0.2, -0.15) is 0 Å². The zero-order valence-electron chi connectivity index (χ0n) is 19.9. The standard InChI is InChI=1S/C24H32O9/c1-11-7-14(29-12(2)25)19(27)21(4)15(22(5)17(32-22)9-16(21)30-13(3)26)10-24-18(8-11)31-20(28)23(24,6)33-24/h8,14-19,27H,7,9-10H2,1-6H3/b11-8-/t14-,15-,16+,17+,18+,19+,21-,22-,23+,24-/m1/s1. The summed E-state index contributed by atoms with van der Waals surface area (Å²) in [5, 5.41) is 11.8. The van der Waals surface area contributed by atoms with Gasteiger partial charge < -0.3 is 28.8 Å². The number of fused-ring (bicyclic) bond motifs is 3. The third-order valence-electron chi connectivity index (χ3n) is 8.86. The van der Waals surface area contributed by atoms with Crippen LogP contribution in [0.4, 0.5) is 0 Å². The number of carbonyl (C=O) groups excluding carboxylic acids is 3. The lowest BCUT2D eigenvalue weighted by molar-refractivity contribution is -0.198. The van der Waals surface area contributed by atoms with Crippen molar-refractivity contribution in [3.63, 3.8) is 0 Å². The molecule has 9 nitrogen and oxygen atoms in total. The molecule has 0 radical (unpaired) electrons. The van der Waals surface area contributed by atoms with Gasteiger partial charge in [0.1, 0.15) is 18.3 Å². The van der Waals surface area contributed by atoms with Gasteiger partial charge in [-0.1, -0.05) is 12.5 Å². The van der Waals surface area contributed by atoms with Crippen molar-refractivity contribution in [3.05, 3.63) is 11.6 Å². The van der Waals surface area contributed by atoms with Crippen molar-refractivity contribution in [3.8, 4) is 0 Å². The first-order valence-electron chi connectivity index (χ1n) is 11.6. The highest BCUT2D eigenvalue weighted by Gasteiger charge is 2.84. The summed E-state index contributed by atoms with van der Waals surface area (Å²) < 4.78 is 29.3. The molecule has 4 fully saturated rings. The molecule has 9 heteroatoms.